The van der Waals surface area contributed by atoms with E-state index in [1.165, 1.54) is 31.5 Å². The summed E-state index contributed by atoms with van der Waals surface area (Å²) in [5, 5.41) is 22.2. The standard InChI is InChI=1S/C16H17ClN2O6/c1-3-6-25-16(21)14-10(20)7-11(24-2)15(19(22)23)13(14)9-4-5-12(17)18-8-9/h3-5,8,11,13,15,20H,1,6-7H2,2H3/t11-,13-,15-/m0/s1. The number of pyridine rings is 1. The molecule has 2 rings (SSSR count). The molecule has 9 heteroatoms. The normalized spacial score (nSPS) is 23.2. The van der Waals surface area contributed by atoms with Crippen LogP contribution in [0.15, 0.2) is 42.3 Å². The lowest BCUT2D eigenvalue weighted by Crippen LogP contribution is -2.46. The van der Waals surface area contributed by atoms with Crippen molar-refractivity contribution in [2.24, 2.45) is 0 Å². The van der Waals surface area contributed by atoms with Crippen molar-refractivity contribution in [3.05, 3.63) is 63.1 Å². The minimum Gasteiger partial charge on any atom is -0.512 e. The molecule has 1 aliphatic rings. The molecule has 3 atom stereocenters. The lowest BCUT2D eigenvalue weighted by molar-refractivity contribution is -0.538. The molecule has 0 aliphatic heterocycles. The zero-order chi connectivity index (χ0) is 18.6. The first-order valence-corrected chi connectivity index (χ1v) is 7.76. The Morgan fingerprint density at radius 1 is 1.60 bits per heavy atom. The molecule has 25 heavy (non-hydrogen) atoms. The van der Waals surface area contributed by atoms with Gasteiger partial charge in [-0.05, 0) is 11.6 Å². The zero-order valence-electron chi connectivity index (χ0n) is 13.4. The summed E-state index contributed by atoms with van der Waals surface area (Å²) in [5.41, 5.74) is 0.172. The monoisotopic (exact) mass is 368 g/mol. The average molecular weight is 369 g/mol. The van der Waals surface area contributed by atoms with Crippen LogP contribution in [0.1, 0.15) is 17.9 Å². The van der Waals surface area contributed by atoms with Gasteiger partial charge in [0.15, 0.2) is 0 Å². The smallest absolute Gasteiger partial charge is 0.338 e. The van der Waals surface area contributed by atoms with Gasteiger partial charge in [0.2, 0.25) is 6.04 Å². The fraction of sp³-hybridized carbons (Fsp3) is 0.375. The van der Waals surface area contributed by atoms with Gasteiger partial charge in [0.05, 0.1) is 11.5 Å². The van der Waals surface area contributed by atoms with Gasteiger partial charge in [-0.3, -0.25) is 10.1 Å². The number of aromatic nitrogens is 1. The van der Waals surface area contributed by atoms with Crippen LogP contribution in [0.5, 0.6) is 0 Å². The van der Waals surface area contributed by atoms with E-state index >= 15 is 0 Å². The Bertz CT molecular complexity index is 703. The number of hydrogen-bond acceptors (Lipinski definition) is 7. The van der Waals surface area contributed by atoms with Gasteiger partial charge in [-0.25, -0.2) is 9.78 Å². The quantitative estimate of drug-likeness (QED) is 0.270. The number of nitro groups is 1. The molecule has 8 nitrogen and oxygen atoms in total. The Morgan fingerprint density at radius 3 is 2.84 bits per heavy atom. The van der Waals surface area contributed by atoms with Crippen LogP contribution in [0.25, 0.3) is 0 Å². The number of methoxy groups -OCH3 is 1. The third-order valence-electron chi connectivity index (χ3n) is 3.95. The number of carbonyl (C=O) groups is 1. The van der Waals surface area contributed by atoms with E-state index in [9.17, 15) is 20.0 Å². The minimum absolute atomic E-state index is 0.0853. The largest absolute Gasteiger partial charge is 0.512 e. The number of rotatable bonds is 6. The number of esters is 1. The highest BCUT2D eigenvalue weighted by molar-refractivity contribution is 6.29. The van der Waals surface area contributed by atoms with E-state index in [0.717, 1.165) is 0 Å². The van der Waals surface area contributed by atoms with Crippen molar-refractivity contribution in [1.29, 1.82) is 0 Å². The molecule has 1 aliphatic carbocycles. The molecule has 0 bridgehead atoms. The number of ether oxygens (including phenoxy) is 2. The van der Waals surface area contributed by atoms with Gasteiger partial charge >= 0.3 is 5.97 Å². The van der Waals surface area contributed by atoms with Crippen LogP contribution in [0.4, 0.5) is 0 Å². The highest BCUT2D eigenvalue weighted by Crippen LogP contribution is 2.40. The van der Waals surface area contributed by atoms with Gasteiger partial charge in [0.25, 0.3) is 0 Å². The van der Waals surface area contributed by atoms with Gasteiger partial charge in [0.1, 0.15) is 23.6 Å². The van der Waals surface area contributed by atoms with Gasteiger partial charge in [0, 0.05) is 24.7 Å². The maximum Gasteiger partial charge on any atom is 0.338 e. The summed E-state index contributed by atoms with van der Waals surface area (Å²) in [6, 6.07) is 1.67. The predicted octanol–water partition coefficient (Wildman–Crippen LogP) is 2.42. The Kier molecular flexibility index (Phi) is 6.11. The SMILES string of the molecule is C=CCOC(=O)C1=C(O)C[C@H](OC)[C@H]([N+](=O)[O-])[C@H]1c1ccc(Cl)nc1. The van der Waals surface area contributed by atoms with Crippen molar-refractivity contribution in [3.8, 4) is 0 Å². The van der Waals surface area contributed by atoms with Crippen molar-refractivity contribution in [3.63, 3.8) is 0 Å². The van der Waals surface area contributed by atoms with Crippen LogP contribution in [-0.4, -0.2) is 46.8 Å². The molecule has 1 aromatic heterocycles. The van der Waals surface area contributed by atoms with Gasteiger partial charge in [-0.15, -0.1) is 0 Å². The molecule has 0 amide bonds. The number of carbonyl (C=O) groups excluding carboxylic acids is 1. The molecule has 0 aromatic carbocycles. The predicted molar refractivity (Wildman–Crippen MR) is 89.0 cm³/mol. The zero-order valence-corrected chi connectivity index (χ0v) is 14.2. The molecular formula is C16H17ClN2O6. The van der Waals surface area contributed by atoms with E-state index in [2.05, 4.69) is 11.6 Å². The molecule has 0 saturated carbocycles. The third kappa shape index (κ3) is 3.97. The first-order chi connectivity index (χ1) is 11.9. The van der Waals surface area contributed by atoms with Crippen molar-refractivity contribution < 1.29 is 24.3 Å². The molecule has 0 fully saturated rings. The fourth-order valence-corrected chi connectivity index (χ4v) is 2.97. The summed E-state index contributed by atoms with van der Waals surface area (Å²) in [4.78, 5) is 27.4. The van der Waals surface area contributed by atoms with Gasteiger partial charge < -0.3 is 14.6 Å². The van der Waals surface area contributed by atoms with Crippen LogP contribution in [0, 0.1) is 10.1 Å². The second kappa shape index (κ2) is 8.09. The Balaban J connectivity index is 2.58. The van der Waals surface area contributed by atoms with Crippen molar-refractivity contribution in [2.45, 2.75) is 24.5 Å². The molecular weight excluding hydrogens is 352 g/mol. The summed E-state index contributed by atoms with van der Waals surface area (Å²) in [5.74, 6) is -2.24. The van der Waals surface area contributed by atoms with Gasteiger partial charge in [-0.2, -0.15) is 0 Å². The summed E-state index contributed by atoms with van der Waals surface area (Å²) < 4.78 is 10.2. The molecule has 1 heterocycles. The molecule has 0 saturated heterocycles. The Hall–Kier alpha value is -2.45. The van der Waals surface area contributed by atoms with Crippen LogP contribution in [0.3, 0.4) is 0 Å². The number of nitrogens with zero attached hydrogens (tertiary/aromatic N) is 2. The van der Waals surface area contributed by atoms with Crippen LogP contribution >= 0.6 is 11.6 Å². The second-order valence-corrected chi connectivity index (χ2v) is 5.78. The topological polar surface area (TPSA) is 112 Å². The molecule has 134 valence electrons. The van der Waals surface area contributed by atoms with Crippen LogP contribution in [0.2, 0.25) is 5.15 Å². The van der Waals surface area contributed by atoms with Crippen molar-refractivity contribution in [1.82, 2.24) is 4.98 Å². The van der Waals surface area contributed by atoms with Crippen LogP contribution in [-0.2, 0) is 14.3 Å². The summed E-state index contributed by atoms with van der Waals surface area (Å²) in [7, 11) is 1.31. The number of aliphatic hydroxyl groups is 1. The van der Waals surface area contributed by atoms with Gasteiger partial charge in [-0.1, -0.05) is 30.3 Å². The lowest BCUT2D eigenvalue weighted by Gasteiger charge is -2.32. The Labute approximate surface area is 148 Å². The number of aliphatic hydroxyl groups excluding tert-OH is 1. The van der Waals surface area contributed by atoms with Crippen LogP contribution < -0.4 is 0 Å². The molecule has 0 spiro atoms. The fourth-order valence-electron chi connectivity index (χ4n) is 2.86. The lowest BCUT2D eigenvalue weighted by atomic mass is 9.77. The van der Waals surface area contributed by atoms with E-state index in [1.54, 1.807) is 0 Å². The maximum absolute atomic E-state index is 12.4. The summed E-state index contributed by atoms with van der Waals surface area (Å²) in [6.07, 6.45) is 1.61. The highest BCUT2D eigenvalue weighted by Gasteiger charge is 2.50. The molecule has 1 aromatic rings. The third-order valence-corrected chi connectivity index (χ3v) is 4.17. The van der Waals surface area contributed by atoms with Crippen molar-refractivity contribution in [2.75, 3.05) is 13.7 Å². The molecule has 1 N–H and O–H groups in total. The molecule has 0 unspecified atom stereocenters. The van der Waals surface area contributed by atoms with E-state index in [1.807, 2.05) is 0 Å². The number of hydrogen-bond donors (Lipinski definition) is 1. The van der Waals surface area contributed by atoms with Crippen molar-refractivity contribution >= 4 is 17.6 Å². The summed E-state index contributed by atoms with van der Waals surface area (Å²) >= 11 is 5.77. The highest BCUT2D eigenvalue weighted by atomic mass is 35.5. The summed E-state index contributed by atoms with van der Waals surface area (Å²) in [6.45, 7) is 3.36. The van der Waals surface area contributed by atoms with E-state index in [0.29, 0.717) is 5.56 Å². The minimum atomic E-state index is -1.30. The van der Waals surface area contributed by atoms with E-state index in [4.69, 9.17) is 21.1 Å². The Morgan fingerprint density at radius 2 is 2.32 bits per heavy atom. The molecule has 0 radical (unpaired) electrons. The average Bonchev–Trinajstić information content (AvgIpc) is 2.58. The second-order valence-electron chi connectivity index (χ2n) is 5.39. The number of halogens is 1. The van der Waals surface area contributed by atoms with E-state index in [-0.39, 0.29) is 29.5 Å². The first-order valence-electron chi connectivity index (χ1n) is 7.38. The first kappa shape index (κ1) is 18.9. The van der Waals surface area contributed by atoms with E-state index < -0.39 is 29.0 Å². The maximum atomic E-state index is 12.4.